The molecule has 2 aliphatic rings. The normalized spacial score (nSPS) is 47.0. The number of halogens is 1. The molecule has 0 aromatic carbocycles. The van der Waals surface area contributed by atoms with Crippen LogP contribution in [-0.2, 0) is 0 Å². The first-order valence-corrected chi connectivity index (χ1v) is 3.87. The minimum atomic E-state index is 0.616. The van der Waals surface area contributed by atoms with Gasteiger partial charge in [-0.25, -0.2) is 4.42 Å². The van der Waals surface area contributed by atoms with E-state index in [9.17, 15) is 0 Å². The van der Waals surface area contributed by atoms with Crippen LogP contribution in [0.5, 0.6) is 0 Å². The van der Waals surface area contributed by atoms with E-state index in [1.807, 2.05) is 4.42 Å². The quantitative estimate of drug-likeness (QED) is 0.470. The summed E-state index contributed by atoms with van der Waals surface area (Å²) in [6.45, 7) is 6.90. The van der Waals surface area contributed by atoms with Crippen molar-refractivity contribution in [3.8, 4) is 0 Å². The molecule has 9 heavy (non-hydrogen) atoms. The summed E-state index contributed by atoms with van der Waals surface area (Å²) in [5.74, 6) is 1.80. The zero-order valence-corrected chi connectivity index (χ0v) is 6.65. The number of hydrogen-bond acceptors (Lipinski definition) is 1. The van der Waals surface area contributed by atoms with Crippen LogP contribution in [0.25, 0.3) is 0 Å². The van der Waals surface area contributed by atoms with Gasteiger partial charge in [0.1, 0.15) is 0 Å². The summed E-state index contributed by atoms with van der Waals surface area (Å²) in [5.41, 5.74) is 0.616. The minimum absolute atomic E-state index is 0.616. The molecule has 1 aliphatic carbocycles. The Morgan fingerprint density at radius 3 is 2.11 bits per heavy atom. The Labute approximate surface area is 61.1 Å². The number of rotatable bonds is 0. The highest BCUT2D eigenvalue weighted by Crippen LogP contribution is 2.62. The molecule has 2 rings (SSSR count). The zero-order valence-electron chi connectivity index (χ0n) is 5.89. The van der Waals surface area contributed by atoms with Crippen LogP contribution in [0.15, 0.2) is 0 Å². The number of hydrogen-bond donors (Lipinski definition) is 0. The fourth-order valence-corrected chi connectivity index (χ4v) is 2.38. The molecule has 1 saturated heterocycles. The third-order valence-electron chi connectivity index (χ3n) is 3.08. The maximum absolute atomic E-state index is 5.80. The van der Waals surface area contributed by atoms with E-state index in [-0.39, 0.29) is 0 Å². The fraction of sp³-hybridized carbons (Fsp3) is 1.00. The summed E-state index contributed by atoms with van der Waals surface area (Å²) in [6, 6.07) is 0. The van der Waals surface area contributed by atoms with Crippen molar-refractivity contribution in [2.24, 2.45) is 17.3 Å². The van der Waals surface area contributed by atoms with E-state index in [0.29, 0.717) is 5.41 Å². The first-order chi connectivity index (χ1) is 4.12. The average molecular weight is 146 g/mol. The highest BCUT2D eigenvalue weighted by atomic mass is 35.5. The number of piperidine rings is 1. The van der Waals surface area contributed by atoms with Crippen molar-refractivity contribution in [1.29, 1.82) is 0 Å². The van der Waals surface area contributed by atoms with E-state index >= 15 is 0 Å². The second kappa shape index (κ2) is 1.46. The summed E-state index contributed by atoms with van der Waals surface area (Å²) in [6.07, 6.45) is 0. The smallest absolute Gasteiger partial charge is 0.0176 e. The molecule has 2 heteroatoms. The minimum Gasteiger partial charge on any atom is -0.220 e. The predicted octanol–water partition coefficient (Wildman–Crippen LogP) is 1.73. The van der Waals surface area contributed by atoms with Gasteiger partial charge in [-0.15, -0.1) is 0 Å². The van der Waals surface area contributed by atoms with Crippen LogP contribution in [0.1, 0.15) is 13.8 Å². The molecule has 2 atom stereocenters. The molecule has 0 aromatic rings. The van der Waals surface area contributed by atoms with Crippen LogP contribution in [0, 0.1) is 17.3 Å². The van der Waals surface area contributed by atoms with Crippen LogP contribution in [0.4, 0.5) is 0 Å². The lowest BCUT2D eigenvalue weighted by Gasteiger charge is -2.12. The SMILES string of the molecule is CC1(C)[C@H]2CN(Cl)C[C@@H]21. The Balaban J connectivity index is 2.06. The average Bonchev–Trinajstić information content (AvgIpc) is 2.27. The molecule has 2 fully saturated rings. The third-order valence-corrected chi connectivity index (χ3v) is 3.35. The first-order valence-electron chi connectivity index (χ1n) is 3.53. The molecule has 1 heterocycles. The van der Waals surface area contributed by atoms with Crippen molar-refractivity contribution in [1.82, 2.24) is 4.42 Å². The number of fused-ring (bicyclic) bond motifs is 1. The van der Waals surface area contributed by atoms with E-state index in [4.69, 9.17) is 11.8 Å². The van der Waals surface area contributed by atoms with Crippen molar-refractivity contribution in [2.75, 3.05) is 13.1 Å². The Kier molecular flexibility index (Phi) is 0.970. The summed E-state index contributed by atoms with van der Waals surface area (Å²) >= 11 is 5.80. The Morgan fingerprint density at radius 1 is 1.33 bits per heavy atom. The highest BCUT2D eigenvalue weighted by Gasteiger charge is 2.61. The largest absolute Gasteiger partial charge is 0.220 e. The molecule has 0 unspecified atom stereocenters. The van der Waals surface area contributed by atoms with E-state index in [0.717, 1.165) is 24.9 Å². The van der Waals surface area contributed by atoms with Gasteiger partial charge in [0.25, 0.3) is 0 Å². The van der Waals surface area contributed by atoms with Gasteiger partial charge in [0.15, 0.2) is 0 Å². The van der Waals surface area contributed by atoms with Crippen molar-refractivity contribution < 1.29 is 0 Å². The van der Waals surface area contributed by atoms with Gasteiger partial charge in [0.05, 0.1) is 0 Å². The summed E-state index contributed by atoms with van der Waals surface area (Å²) < 4.78 is 1.92. The van der Waals surface area contributed by atoms with Crippen molar-refractivity contribution in [3.63, 3.8) is 0 Å². The second-order valence-corrected chi connectivity index (χ2v) is 4.34. The van der Waals surface area contributed by atoms with Gasteiger partial charge in [-0.05, 0) is 29.0 Å². The van der Waals surface area contributed by atoms with Gasteiger partial charge in [-0.2, -0.15) is 0 Å². The van der Waals surface area contributed by atoms with Crippen molar-refractivity contribution in [2.45, 2.75) is 13.8 Å². The molecule has 52 valence electrons. The van der Waals surface area contributed by atoms with Crippen LogP contribution in [0.2, 0.25) is 0 Å². The predicted molar refractivity (Wildman–Crippen MR) is 38.2 cm³/mol. The molecule has 0 bridgehead atoms. The summed E-state index contributed by atoms with van der Waals surface area (Å²) in [7, 11) is 0. The van der Waals surface area contributed by atoms with Gasteiger partial charge in [0, 0.05) is 13.1 Å². The molecule has 1 saturated carbocycles. The monoisotopic (exact) mass is 145 g/mol. The molecule has 1 aliphatic heterocycles. The maximum Gasteiger partial charge on any atom is 0.0176 e. The van der Waals surface area contributed by atoms with Gasteiger partial charge in [-0.1, -0.05) is 13.8 Å². The van der Waals surface area contributed by atoms with Gasteiger partial charge in [-0.3, -0.25) is 0 Å². The molecular formula is C7H12ClN. The van der Waals surface area contributed by atoms with Crippen molar-refractivity contribution in [3.05, 3.63) is 0 Å². The zero-order chi connectivity index (χ0) is 6.65. The van der Waals surface area contributed by atoms with Crippen LogP contribution in [0.3, 0.4) is 0 Å². The van der Waals surface area contributed by atoms with Gasteiger partial charge in [0.2, 0.25) is 0 Å². The van der Waals surface area contributed by atoms with Crippen molar-refractivity contribution >= 4 is 11.8 Å². The van der Waals surface area contributed by atoms with Crippen LogP contribution < -0.4 is 0 Å². The first kappa shape index (κ1) is 5.99. The summed E-state index contributed by atoms with van der Waals surface area (Å²) in [5, 5.41) is 0. The highest BCUT2D eigenvalue weighted by molar-refractivity contribution is 6.13. The third kappa shape index (κ3) is 0.651. The molecule has 0 aromatic heterocycles. The van der Waals surface area contributed by atoms with Gasteiger partial charge >= 0.3 is 0 Å². The topological polar surface area (TPSA) is 3.24 Å². The molecule has 1 nitrogen and oxygen atoms in total. The summed E-state index contributed by atoms with van der Waals surface area (Å²) in [4.78, 5) is 0. The molecule has 0 radical (unpaired) electrons. The molecule has 0 N–H and O–H groups in total. The second-order valence-electron chi connectivity index (χ2n) is 3.86. The Bertz CT molecular complexity index is 130. The molecule has 0 spiro atoms. The molecular weight excluding hydrogens is 134 g/mol. The fourth-order valence-electron chi connectivity index (χ4n) is 2.08. The lowest BCUT2D eigenvalue weighted by molar-refractivity contribution is 0.383. The van der Waals surface area contributed by atoms with E-state index in [2.05, 4.69) is 13.8 Å². The van der Waals surface area contributed by atoms with E-state index in [1.165, 1.54) is 0 Å². The Morgan fingerprint density at radius 2 is 1.78 bits per heavy atom. The van der Waals surface area contributed by atoms with Crippen LogP contribution >= 0.6 is 11.8 Å². The number of nitrogens with zero attached hydrogens (tertiary/aromatic N) is 1. The van der Waals surface area contributed by atoms with E-state index in [1.54, 1.807) is 0 Å². The standard InChI is InChI=1S/C7H12ClN/c1-7(2)5-3-9(8)4-6(5)7/h5-6H,3-4H2,1-2H3/t5-,6-/m0/s1. The van der Waals surface area contributed by atoms with E-state index < -0.39 is 0 Å². The lowest BCUT2D eigenvalue weighted by atomic mass is 10.1. The molecule has 0 amide bonds. The maximum atomic E-state index is 5.80. The lowest BCUT2D eigenvalue weighted by Crippen LogP contribution is -2.16. The van der Waals surface area contributed by atoms with Crippen LogP contribution in [-0.4, -0.2) is 17.5 Å². The van der Waals surface area contributed by atoms with Gasteiger partial charge < -0.3 is 0 Å². The Hall–Kier alpha value is 0.250.